The first-order chi connectivity index (χ1) is 6.50. The first-order valence-corrected chi connectivity index (χ1v) is 5.67. The zero-order valence-corrected chi connectivity index (χ0v) is 9.98. The van der Waals surface area contributed by atoms with Gasteiger partial charge in [-0.15, -0.1) is 11.3 Å². The van der Waals surface area contributed by atoms with E-state index in [0.717, 1.165) is 10.7 Å². The molecule has 0 saturated heterocycles. The van der Waals surface area contributed by atoms with Crippen molar-refractivity contribution in [1.82, 2.24) is 10.3 Å². The van der Waals surface area contributed by atoms with E-state index in [0.29, 0.717) is 6.54 Å². The summed E-state index contributed by atoms with van der Waals surface area (Å²) in [6.45, 7) is 8.56. The highest BCUT2D eigenvalue weighted by molar-refractivity contribution is 7.11. The van der Waals surface area contributed by atoms with Crippen molar-refractivity contribution in [2.24, 2.45) is 0 Å². The molecule has 0 fully saturated rings. The molecule has 0 aliphatic heterocycles. The second-order valence-electron chi connectivity index (χ2n) is 3.65. The maximum Gasteiger partial charge on any atom is 0.0900 e. The predicted octanol–water partition coefficient (Wildman–Crippen LogP) is 1.79. The van der Waals surface area contributed by atoms with E-state index in [1.165, 1.54) is 4.88 Å². The van der Waals surface area contributed by atoms with Crippen LogP contribution in [-0.2, 0) is 0 Å². The molecule has 80 valence electrons. The van der Waals surface area contributed by atoms with Crippen LogP contribution in [0.4, 0.5) is 0 Å². The smallest absolute Gasteiger partial charge is 0.0900 e. The monoisotopic (exact) mass is 214 g/mol. The summed E-state index contributed by atoms with van der Waals surface area (Å²) >= 11 is 1.72. The zero-order chi connectivity index (χ0) is 10.7. The van der Waals surface area contributed by atoms with Gasteiger partial charge in [0, 0.05) is 17.5 Å². The van der Waals surface area contributed by atoms with Crippen molar-refractivity contribution < 1.29 is 5.11 Å². The Morgan fingerprint density at radius 1 is 1.43 bits per heavy atom. The lowest BCUT2D eigenvalue weighted by Gasteiger charge is -2.13. The second kappa shape index (κ2) is 4.87. The van der Waals surface area contributed by atoms with Gasteiger partial charge in [-0.3, -0.25) is 0 Å². The van der Waals surface area contributed by atoms with Gasteiger partial charge in [0.15, 0.2) is 0 Å². The first-order valence-electron chi connectivity index (χ1n) is 4.86. The fourth-order valence-corrected chi connectivity index (χ4v) is 2.30. The van der Waals surface area contributed by atoms with Gasteiger partial charge in [-0.2, -0.15) is 0 Å². The molecular formula is C10H18N2OS. The van der Waals surface area contributed by atoms with E-state index in [-0.39, 0.29) is 12.1 Å². The number of nitrogens with one attached hydrogen (secondary N) is 1. The molecule has 3 nitrogen and oxygen atoms in total. The Labute approximate surface area is 89.2 Å². The van der Waals surface area contributed by atoms with E-state index in [9.17, 15) is 0 Å². The van der Waals surface area contributed by atoms with Crippen LogP contribution in [0.25, 0.3) is 0 Å². The van der Waals surface area contributed by atoms with Gasteiger partial charge in [-0.25, -0.2) is 4.98 Å². The molecule has 1 heterocycles. The fourth-order valence-electron chi connectivity index (χ4n) is 1.39. The second-order valence-corrected chi connectivity index (χ2v) is 5.06. The SMILES string of the molecule is Cc1nc(C(C)NCC(C)O)c(C)s1. The third kappa shape index (κ3) is 3.04. The third-order valence-corrected chi connectivity index (χ3v) is 2.97. The van der Waals surface area contributed by atoms with Crippen LogP contribution in [0.3, 0.4) is 0 Å². The van der Waals surface area contributed by atoms with Crippen LogP contribution in [-0.4, -0.2) is 22.7 Å². The van der Waals surface area contributed by atoms with Crippen molar-refractivity contribution in [1.29, 1.82) is 0 Å². The molecule has 1 aromatic heterocycles. The largest absolute Gasteiger partial charge is 0.392 e. The predicted molar refractivity (Wildman–Crippen MR) is 59.7 cm³/mol. The van der Waals surface area contributed by atoms with E-state index in [2.05, 4.69) is 24.1 Å². The molecule has 0 aliphatic carbocycles. The number of nitrogens with zero attached hydrogens (tertiary/aromatic N) is 1. The lowest BCUT2D eigenvalue weighted by Crippen LogP contribution is -2.27. The Morgan fingerprint density at radius 2 is 2.07 bits per heavy atom. The summed E-state index contributed by atoms with van der Waals surface area (Å²) in [6, 6.07) is 0.217. The van der Waals surface area contributed by atoms with Crippen LogP contribution in [0.15, 0.2) is 0 Å². The van der Waals surface area contributed by atoms with Crippen molar-refractivity contribution in [2.75, 3.05) is 6.54 Å². The number of aliphatic hydroxyl groups is 1. The van der Waals surface area contributed by atoms with Crippen LogP contribution >= 0.6 is 11.3 Å². The molecule has 0 aromatic carbocycles. The van der Waals surface area contributed by atoms with Gasteiger partial charge in [0.05, 0.1) is 16.8 Å². The number of thiazole rings is 1. The van der Waals surface area contributed by atoms with E-state index in [1.807, 2.05) is 6.92 Å². The van der Waals surface area contributed by atoms with Gasteiger partial charge in [0.2, 0.25) is 0 Å². The fraction of sp³-hybridized carbons (Fsp3) is 0.700. The summed E-state index contributed by atoms with van der Waals surface area (Å²) < 4.78 is 0. The minimum Gasteiger partial charge on any atom is -0.392 e. The molecular weight excluding hydrogens is 196 g/mol. The molecule has 2 unspecified atom stereocenters. The molecule has 1 rings (SSSR count). The Balaban J connectivity index is 2.60. The molecule has 4 heteroatoms. The van der Waals surface area contributed by atoms with E-state index < -0.39 is 0 Å². The number of aliphatic hydroxyl groups excluding tert-OH is 1. The maximum absolute atomic E-state index is 9.14. The molecule has 2 N–H and O–H groups in total. The van der Waals surface area contributed by atoms with Crippen molar-refractivity contribution >= 4 is 11.3 Å². The van der Waals surface area contributed by atoms with E-state index >= 15 is 0 Å². The summed E-state index contributed by atoms with van der Waals surface area (Å²) in [5.41, 5.74) is 1.10. The minimum atomic E-state index is -0.308. The molecule has 0 aliphatic rings. The average Bonchev–Trinajstić information content (AvgIpc) is 2.41. The third-order valence-electron chi connectivity index (χ3n) is 2.07. The summed E-state index contributed by atoms with van der Waals surface area (Å²) in [5, 5.41) is 13.5. The molecule has 0 amide bonds. The topological polar surface area (TPSA) is 45.2 Å². The normalized spacial score (nSPS) is 15.5. The Morgan fingerprint density at radius 3 is 2.50 bits per heavy atom. The quantitative estimate of drug-likeness (QED) is 0.803. The van der Waals surface area contributed by atoms with Gasteiger partial charge in [-0.05, 0) is 27.7 Å². The highest BCUT2D eigenvalue weighted by Gasteiger charge is 2.12. The Hall–Kier alpha value is -0.450. The average molecular weight is 214 g/mol. The number of rotatable bonds is 4. The standard InChI is InChI=1S/C10H18N2OS/c1-6(13)5-11-7(2)10-8(3)14-9(4)12-10/h6-7,11,13H,5H2,1-4H3. The number of aryl methyl sites for hydroxylation is 2. The molecule has 0 bridgehead atoms. The van der Waals surface area contributed by atoms with Crippen LogP contribution in [0.5, 0.6) is 0 Å². The van der Waals surface area contributed by atoms with Crippen molar-refractivity contribution in [3.63, 3.8) is 0 Å². The van der Waals surface area contributed by atoms with E-state index in [4.69, 9.17) is 5.11 Å². The summed E-state index contributed by atoms with van der Waals surface area (Å²) in [7, 11) is 0. The van der Waals surface area contributed by atoms with Crippen LogP contribution < -0.4 is 5.32 Å². The first kappa shape index (κ1) is 11.6. The summed E-state index contributed by atoms with van der Waals surface area (Å²) in [5.74, 6) is 0. The Bertz CT molecular complexity index is 296. The summed E-state index contributed by atoms with van der Waals surface area (Å²) in [6.07, 6.45) is -0.308. The highest BCUT2D eigenvalue weighted by Crippen LogP contribution is 2.22. The molecule has 1 aromatic rings. The van der Waals surface area contributed by atoms with Gasteiger partial charge < -0.3 is 10.4 Å². The lowest BCUT2D eigenvalue weighted by atomic mass is 10.2. The van der Waals surface area contributed by atoms with Crippen molar-refractivity contribution in [3.05, 3.63) is 15.6 Å². The van der Waals surface area contributed by atoms with Crippen molar-refractivity contribution in [2.45, 2.75) is 39.8 Å². The molecule has 0 saturated carbocycles. The van der Waals surface area contributed by atoms with E-state index in [1.54, 1.807) is 18.3 Å². The minimum absolute atomic E-state index is 0.217. The zero-order valence-electron chi connectivity index (χ0n) is 9.16. The van der Waals surface area contributed by atoms with Crippen molar-refractivity contribution in [3.8, 4) is 0 Å². The van der Waals surface area contributed by atoms with Gasteiger partial charge in [0.25, 0.3) is 0 Å². The molecule has 2 atom stereocenters. The number of hydrogen-bond donors (Lipinski definition) is 2. The Kier molecular flexibility index (Phi) is 4.04. The highest BCUT2D eigenvalue weighted by atomic mass is 32.1. The number of aromatic nitrogens is 1. The summed E-state index contributed by atoms with van der Waals surface area (Å²) in [4.78, 5) is 5.72. The van der Waals surface area contributed by atoms with Gasteiger partial charge >= 0.3 is 0 Å². The van der Waals surface area contributed by atoms with Crippen LogP contribution in [0.1, 0.15) is 35.5 Å². The number of hydrogen-bond acceptors (Lipinski definition) is 4. The lowest BCUT2D eigenvalue weighted by molar-refractivity contribution is 0.187. The van der Waals surface area contributed by atoms with Gasteiger partial charge in [-0.1, -0.05) is 0 Å². The van der Waals surface area contributed by atoms with Crippen LogP contribution in [0.2, 0.25) is 0 Å². The molecule has 14 heavy (non-hydrogen) atoms. The van der Waals surface area contributed by atoms with Crippen LogP contribution in [0, 0.1) is 13.8 Å². The molecule has 0 spiro atoms. The van der Waals surface area contributed by atoms with Gasteiger partial charge in [0.1, 0.15) is 0 Å². The molecule has 0 radical (unpaired) electrons. The maximum atomic E-state index is 9.14.